The van der Waals surface area contributed by atoms with Crippen molar-refractivity contribution in [1.29, 1.82) is 0 Å². The Morgan fingerprint density at radius 3 is 2.33 bits per heavy atom. The first-order valence-corrected chi connectivity index (χ1v) is 7.50. The van der Waals surface area contributed by atoms with Crippen molar-refractivity contribution in [1.82, 2.24) is 4.90 Å². The molecule has 0 aliphatic carbocycles. The average Bonchev–Trinajstić information content (AvgIpc) is 2.37. The molecular formula is C17H28N2O2. The number of carbonyl (C=O) groups excluding carboxylic acids is 1. The maximum absolute atomic E-state index is 12.0. The summed E-state index contributed by atoms with van der Waals surface area (Å²) in [5.74, 6) is 1.24. The molecule has 0 heterocycles. The highest BCUT2D eigenvalue weighted by atomic mass is 16.5. The molecule has 0 aromatic heterocycles. The van der Waals surface area contributed by atoms with E-state index in [2.05, 4.69) is 6.07 Å². The molecule has 2 N–H and O–H groups in total. The first-order valence-electron chi connectivity index (χ1n) is 7.50. The van der Waals surface area contributed by atoms with E-state index in [1.807, 2.05) is 39.8 Å². The monoisotopic (exact) mass is 292 g/mol. The summed E-state index contributed by atoms with van der Waals surface area (Å²) in [6, 6.07) is 6.03. The van der Waals surface area contributed by atoms with Crippen molar-refractivity contribution in [2.45, 2.75) is 40.2 Å². The molecule has 118 valence electrons. The Morgan fingerprint density at radius 1 is 1.24 bits per heavy atom. The third kappa shape index (κ3) is 6.17. The molecule has 1 atom stereocenters. The Balaban J connectivity index is 2.39. The molecule has 0 radical (unpaired) electrons. The zero-order chi connectivity index (χ0) is 16.0. The van der Waals surface area contributed by atoms with Crippen molar-refractivity contribution in [3.05, 3.63) is 29.3 Å². The third-order valence-corrected chi connectivity index (χ3v) is 3.58. The fraction of sp³-hybridized carbons (Fsp3) is 0.588. The van der Waals surface area contributed by atoms with E-state index in [9.17, 15) is 4.79 Å². The van der Waals surface area contributed by atoms with Gasteiger partial charge in [0.2, 0.25) is 5.91 Å². The topological polar surface area (TPSA) is 55.6 Å². The molecule has 0 fully saturated rings. The van der Waals surface area contributed by atoms with Gasteiger partial charge in [-0.1, -0.05) is 19.9 Å². The van der Waals surface area contributed by atoms with Crippen LogP contribution in [0.1, 0.15) is 31.4 Å². The van der Waals surface area contributed by atoms with Crippen LogP contribution in [0, 0.1) is 19.8 Å². The molecule has 0 saturated carbocycles. The molecule has 0 spiro atoms. The summed E-state index contributed by atoms with van der Waals surface area (Å²) in [7, 11) is 1.79. The van der Waals surface area contributed by atoms with Gasteiger partial charge < -0.3 is 15.4 Å². The minimum Gasteiger partial charge on any atom is -0.492 e. The van der Waals surface area contributed by atoms with Gasteiger partial charge in [0.15, 0.2) is 0 Å². The van der Waals surface area contributed by atoms with E-state index >= 15 is 0 Å². The molecule has 0 aliphatic rings. The molecule has 1 aromatic carbocycles. The first kappa shape index (κ1) is 17.5. The van der Waals surface area contributed by atoms with Crippen molar-refractivity contribution in [3.8, 4) is 5.75 Å². The van der Waals surface area contributed by atoms with Crippen molar-refractivity contribution < 1.29 is 9.53 Å². The van der Waals surface area contributed by atoms with Crippen LogP contribution in [-0.4, -0.2) is 37.0 Å². The van der Waals surface area contributed by atoms with Crippen molar-refractivity contribution in [2.24, 2.45) is 11.7 Å². The van der Waals surface area contributed by atoms with Crippen LogP contribution < -0.4 is 10.5 Å². The van der Waals surface area contributed by atoms with Crippen LogP contribution >= 0.6 is 0 Å². The second-order valence-corrected chi connectivity index (χ2v) is 6.10. The number of rotatable bonds is 7. The molecule has 0 bridgehead atoms. The summed E-state index contributed by atoms with van der Waals surface area (Å²) >= 11 is 0. The molecule has 21 heavy (non-hydrogen) atoms. The fourth-order valence-corrected chi connectivity index (χ4v) is 2.03. The van der Waals surface area contributed by atoms with Crippen LogP contribution in [0.5, 0.6) is 5.75 Å². The lowest BCUT2D eigenvalue weighted by atomic mass is 10.0. The lowest BCUT2D eigenvalue weighted by Gasteiger charge is -2.21. The lowest BCUT2D eigenvalue weighted by Crippen LogP contribution is -2.37. The van der Waals surface area contributed by atoms with Gasteiger partial charge in [0.25, 0.3) is 0 Å². The van der Waals surface area contributed by atoms with Crippen LogP contribution in [0.3, 0.4) is 0 Å². The Hall–Kier alpha value is -1.55. The van der Waals surface area contributed by atoms with E-state index < -0.39 is 0 Å². The number of amides is 1. The molecule has 0 aliphatic heterocycles. The summed E-state index contributed by atoms with van der Waals surface area (Å²) in [5.41, 5.74) is 8.29. The highest BCUT2D eigenvalue weighted by Gasteiger charge is 2.16. The van der Waals surface area contributed by atoms with Gasteiger partial charge in [-0.05, 0) is 43.0 Å². The van der Waals surface area contributed by atoms with E-state index in [4.69, 9.17) is 10.5 Å². The van der Waals surface area contributed by atoms with Crippen LogP contribution in [0.25, 0.3) is 0 Å². The fourth-order valence-electron chi connectivity index (χ4n) is 2.03. The minimum atomic E-state index is -0.0831. The van der Waals surface area contributed by atoms with Crippen LogP contribution in [0.15, 0.2) is 18.2 Å². The number of carbonyl (C=O) groups is 1. The Kier molecular flexibility index (Phi) is 6.69. The molecule has 0 saturated heterocycles. The predicted molar refractivity (Wildman–Crippen MR) is 86.5 cm³/mol. The second kappa shape index (κ2) is 8.03. The first-order chi connectivity index (χ1) is 9.79. The number of hydrogen-bond donors (Lipinski definition) is 1. The molecule has 1 amide bonds. The van der Waals surface area contributed by atoms with Gasteiger partial charge in [-0.2, -0.15) is 0 Å². The largest absolute Gasteiger partial charge is 0.492 e. The van der Waals surface area contributed by atoms with E-state index in [1.165, 1.54) is 11.1 Å². The molecular weight excluding hydrogens is 264 g/mol. The van der Waals surface area contributed by atoms with E-state index in [1.54, 1.807) is 11.9 Å². The number of ether oxygens (including phenoxy) is 1. The summed E-state index contributed by atoms with van der Waals surface area (Å²) in [5, 5.41) is 0. The molecule has 1 unspecified atom stereocenters. The number of likely N-dealkylation sites (N-methyl/N-ethyl adjacent to an activating group) is 1. The zero-order valence-electron chi connectivity index (χ0n) is 13.8. The number of hydrogen-bond acceptors (Lipinski definition) is 3. The van der Waals surface area contributed by atoms with Crippen molar-refractivity contribution in [3.63, 3.8) is 0 Å². The molecule has 1 aromatic rings. The lowest BCUT2D eigenvalue weighted by molar-refractivity contribution is -0.130. The Morgan fingerprint density at radius 2 is 1.81 bits per heavy atom. The van der Waals surface area contributed by atoms with Gasteiger partial charge in [0.1, 0.15) is 12.4 Å². The quantitative estimate of drug-likeness (QED) is 0.840. The maximum Gasteiger partial charge on any atom is 0.223 e. The Bertz CT molecular complexity index is 452. The number of aryl methyl sites for hydroxylation is 2. The SMILES string of the molecule is Cc1cc(C)cc(OCCN(C)C(=O)CC(N)C(C)C)c1. The average molecular weight is 292 g/mol. The van der Waals surface area contributed by atoms with Gasteiger partial charge in [-0.15, -0.1) is 0 Å². The smallest absolute Gasteiger partial charge is 0.223 e. The van der Waals surface area contributed by atoms with E-state index in [0.717, 1.165) is 5.75 Å². The van der Waals surface area contributed by atoms with Crippen LogP contribution in [0.2, 0.25) is 0 Å². The van der Waals surface area contributed by atoms with Crippen molar-refractivity contribution >= 4 is 5.91 Å². The van der Waals surface area contributed by atoms with Gasteiger partial charge >= 0.3 is 0 Å². The summed E-state index contributed by atoms with van der Waals surface area (Å²) in [6.07, 6.45) is 0.387. The molecule has 4 heteroatoms. The normalized spacial score (nSPS) is 12.3. The second-order valence-electron chi connectivity index (χ2n) is 6.10. The number of nitrogens with two attached hydrogens (primary N) is 1. The highest BCUT2D eigenvalue weighted by Crippen LogP contribution is 2.16. The summed E-state index contributed by atoms with van der Waals surface area (Å²) < 4.78 is 5.72. The molecule has 1 rings (SSSR count). The predicted octanol–water partition coefficient (Wildman–Crippen LogP) is 2.51. The third-order valence-electron chi connectivity index (χ3n) is 3.58. The van der Waals surface area contributed by atoms with Crippen LogP contribution in [0.4, 0.5) is 0 Å². The standard InChI is InChI=1S/C17H28N2O2/c1-12(2)16(18)11-17(20)19(5)6-7-21-15-9-13(3)8-14(4)10-15/h8-10,12,16H,6-7,11,18H2,1-5H3. The van der Waals surface area contributed by atoms with E-state index in [-0.39, 0.29) is 11.9 Å². The van der Waals surface area contributed by atoms with Gasteiger partial charge in [0.05, 0.1) is 6.54 Å². The summed E-state index contributed by atoms with van der Waals surface area (Å²) in [6.45, 7) is 9.20. The number of nitrogens with zero attached hydrogens (tertiary/aromatic N) is 1. The Labute approximate surface area is 128 Å². The zero-order valence-corrected chi connectivity index (χ0v) is 13.8. The van der Waals surface area contributed by atoms with Gasteiger partial charge in [-0.3, -0.25) is 4.79 Å². The highest BCUT2D eigenvalue weighted by molar-refractivity contribution is 5.76. The summed E-state index contributed by atoms with van der Waals surface area (Å²) in [4.78, 5) is 13.7. The maximum atomic E-state index is 12.0. The van der Waals surface area contributed by atoms with E-state index in [0.29, 0.717) is 25.5 Å². The van der Waals surface area contributed by atoms with Crippen LogP contribution in [-0.2, 0) is 4.79 Å². The minimum absolute atomic E-state index is 0.0697. The van der Waals surface area contributed by atoms with Crippen molar-refractivity contribution in [2.75, 3.05) is 20.2 Å². The van der Waals surface area contributed by atoms with Gasteiger partial charge in [-0.25, -0.2) is 0 Å². The van der Waals surface area contributed by atoms with Gasteiger partial charge in [0, 0.05) is 19.5 Å². The number of benzene rings is 1. The molecule has 4 nitrogen and oxygen atoms in total.